The quantitative estimate of drug-likeness (QED) is 0.387. The van der Waals surface area contributed by atoms with Crippen molar-refractivity contribution in [2.75, 3.05) is 17.7 Å². The highest BCUT2D eigenvalue weighted by Crippen LogP contribution is 2.37. The van der Waals surface area contributed by atoms with Crippen LogP contribution in [0.25, 0.3) is 0 Å². The highest BCUT2D eigenvalue weighted by atomic mass is 32.2. The van der Waals surface area contributed by atoms with Crippen LogP contribution in [0.2, 0.25) is 0 Å². The summed E-state index contributed by atoms with van der Waals surface area (Å²) in [5.74, 6) is 1.53. The van der Waals surface area contributed by atoms with Gasteiger partial charge in [0, 0.05) is 32.9 Å². The van der Waals surface area contributed by atoms with E-state index in [9.17, 15) is 0 Å². The third-order valence-electron chi connectivity index (χ3n) is 4.56. The number of benzene rings is 3. The van der Waals surface area contributed by atoms with Crippen molar-refractivity contribution in [2.24, 2.45) is 5.92 Å². The van der Waals surface area contributed by atoms with Crippen LogP contribution in [0.3, 0.4) is 0 Å². The van der Waals surface area contributed by atoms with Crippen molar-refractivity contribution in [3.63, 3.8) is 0 Å². The minimum atomic E-state index is 0.415. The number of nitrogens with one attached hydrogen (secondary N) is 2. The Labute approximate surface area is 178 Å². The van der Waals surface area contributed by atoms with Crippen LogP contribution in [0.5, 0.6) is 5.75 Å². The third-order valence-corrected chi connectivity index (χ3v) is 5.62. The van der Waals surface area contributed by atoms with Crippen molar-refractivity contribution in [1.82, 2.24) is 0 Å². The zero-order valence-corrected chi connectivity index (χ0v) is 18.4. The lowest BCUT2D eigenvalue weighted by molar-refractivity contribution is 0.414. The molecule has 0 aliphatic heterocycles. The zero-order valence-electron chi connectivity index (χ0n) is 17.6. The molecule has 3 nitrogen and oxygen atoms in total. The van der Waals surface area contributed by atoms with Gasteiger partial charge in [0.25, 0.3) is 0 Å². The Kier molecular flexibility index (Phi) is 7.48. The van der Waals surface area contributed by atoms with Crippen molar-refractivity contribution < 1.29 is 4.74 Å². The molecule has 1 atom stereocenters. The maximum atomic E-state index is 5.29. The van der Waals surface area contributed by atoms with Crippen LogP contribution < -0.4 is 15.4 Å². The molecule has 2 N–H and O–H groups in total. The van der Waals surface area contributed by atoms with Crippen molar-refractivity contribution in [2.45, 2.75) is 43.0 Å². The van der Waals surface area contributed by atoms with E-state index in [1.54, 1.807) is 18.9 Å². The van der Waals surface area contributed by atoms with Gasteiger partial charge >= 0.3 is 0 Å². The van der Waals surface area contributed by atoms with Crippen molar-refractivity contribution in [3.05, 3.63) is 72.8 Å². The van der Waals surface area contributed by atoms with E-state index in [4.69, 9.17) is 4.74 Å². The number of hydrogen-bond donors (Lipinski definition) is 2. The molecule has 4 heteroatoms. The summed E-state index contributed by atoms with van der Waals surface area (Å²) in [6, 6.07) is 25.4. The number of rotatable bonds is 9. The first kappa shape index (κ1) is 21.1. The predicted molar refractivity (Wildman–Crippen MR) is 126 cm³/mol. The Morgan fingerprint density at radius 3 is 2.24 bits per heavy atom. The number of para-hydroxylation sites is 1. The number of ether oxygens (including phenoxy) is 1. The molecule has 0 fully saturated rings. The molecule has 3 aromatic rings. The van der Waals surface area contributed by atoms with Crippen LogP contribution in [0.1, 0.15) is 27.2 Å². The Hall–Kier alpha value is -2.59. The predicted octanol–water partition coefficient (Wildman–Crippen LogP) is 7.44. The zero-order chi connectivity index (χ0) is 20.6. The first-order chi connectivity index (χ1) is 14.0. The summed E-state index contributed by atoms with van der Waals surface area (Å²) in [5, 5.41) is 7.20. The van der Waals surface area contributed by atoms with E-state index in [-0.39, 0.29) is 0 Å². The monoisotopic (exact) mass is 406 g/mol. The topological polar surface area (TPSA) is 33.3 Å². The molecule has 0 aliphatic carbocycles. The third kappa shape index (κ3) is 6.47. The highest BCUT2D eigenvalue weighted by molar-refractivity contribution is 7.99. The molecule has 0 spiro atoms. The van der Waals surface area contributed by atoms with Gasteiger partial charge in [-0.15, -0.1) is 0 Å². The molecule has 3 rings (SSSR count). The lowest BCUT2D eigenvalue weighted by Gasteiger charge is -2.20. The van der Waals surface area contributed by atoms with Gasteiger partial charge in [-0.05, 0) is 73.9 Å². The standard InChI is InChI=1S/C25H30N2OS/c1-18(2)16-19(3)26-24-15-10-21(27-20-8-6-5-7-9-20)17-25(24)29-23-13-11-22(28-4)12-14-23/h5-15,17-19,26-27H,16H2,1-4H3. The number of methoxy groups -OCH3 is 1. The fraction of sp³-hybridized carbons (Fsp3) is 0.280. The SMILES string of the molecule is COc1ccc(Sc2cc(Nc3ccccc3)ccc2NC(C)CC(C)C)cc1. The molecular formula is C25H30N2OS. The van der Waals surface area contributed by atoms with Gasteiger partial charge in [0.15, 0.2) is 0 Å². The molecule has 0 radical (unpaired) electrons. The summed E-state index contributed by atoms with van der Waals surface area (Å²) in [5.41, 5.74) is 3.33. The molecule has 0 saturated heterocycles. The van der Waals surface area contributed by atoms with E-state index in [0.717, 1.165) is 29.2 Å². The summed E-state index contributed by atoms with van der Waals surface area (Å²) in [4.78, 5) is 2.38. The van der Waals surface area contributed by atoms with Gasteiger partial charge in [-0.1, -0.05) is 43.8 Å². The average molecular weight is 407 g/mol. The second kappa shape index (κ2) is 10.3. The van der Waals surface area contributed by atoms with Crippen LogP contribution in [-0.4, -0.2) is 13.2 Å². The fourth-order valence-electron chi connectivity index (χ4n) is 3.29. The average Bonchev–Trinajstić information content (AvgIpc) is 2.71. The van der Waals surface area contributed by atoms with Gasteiger partial charge < -0.3 is 15.4 Å². The van der Waals surface area contributed by atoms with Crippen LogP contribution in [0, 0.1) is 5.92 Å². The molecule has 0 bridgehead atoms. The molecule has 0 saturated carbocycles. The van der Waals surface area contributed by atoms with Crippen LogP contribution in [-0.2, 0) is 0 Å². The minimum Gasteiger partial charge on any atom is -0.497 e. The second-order valence-corrected chi connectivity index (χ2v) is 8.77. The van der Waals surface area contributed by atoms with E-state index in [1.165, 1.54) is 9.79 Å². The van der Waals surface area contributed by atoms with Gasteiger partial charge in [-0.3, -0.25) is 0 Å². The molecule has 0 aliphatic rings. The molecule has 3 aromatic carbocycles. The lowest BCUT2D eigenvalue weighted by Crippen LogP contribution is -2.17. The van der Waals surface area contributed by atoms with Gasteiger partial charge in [0.2, 0.25) is 0 Å². The van der Waals surface area contributed by atoms with Gasteiger partial charge in [-0.25, -0.2) is 0 Å². The Morgan fingerprint density at radius 2 is 1.59 bits per heavy atom. The summed E-state index contributed by atoms with van der Waals surface area (Å²) in [6.45, 7) is 6.77. The molecule has 1 unspecified atom stereocenters. The summed E-state index contributed by atoms with van der Waals surface area (Å²) >= 11 is 1.76. The number of anilines is 3. The molecule has 152 valence electrons. The van der Waals surface area contributed by atoms with Crippen LogP contribution in [0.15, 0.2) is 82.6 Å². The second-order valence-electron chi connectivity index (χ2n) is 7.65. The molecule has 0 heterocycles. The molecule has 29 heavy (non-hydrogen) atoms. The molecule has 0 aromatic heterocycles. The normalized spacial score (nSPS) is 11.9. The van der Waals surface area contributed by atoms with Crippen LogP contribution >= 0.6 is 11.8 Å². The number of hydrogen-bond acceptors (Lipinski definition) is 4. The van der Waals surface area contributed by atoms with E-state index < -0.39 is 0 Å². The largest absolute Gasteiger partial charge is 0.497 e. The van der Waals surface area contributed by atoms with E-state index >= 15 is 0 Å². The minimum absolute atomic E-state index is 0.415. The summed E-state index contributed by atoms with van der Waals surface area (Å²) in [7, 11) is 1.69. The first-order valence-corrected chi connectivity index (χ1v) is 10.9. The lowest BCUT2D eigenvalue weighted by atomic mass is 10.1. The van der Waals surface area contributed by atoms with Crippen molar-refractivity contribution >= 4 is 28.8 Å². The maximum absolute atomic E-state index is 5.29. The first-order valence-electron chi connectivity index (χ1n) is 10.1. The Morgan fingerprint density at radius 1 is 0.862 bits per heavy atom. The van der Waals surface area contributed by atoms with Gasteiger partial charge in [-0.2, -0.15) is 0 Å². The van der Waals surface area contributed by atoms with Gasteiger partial charge in [0.1, 0.15) is 5.75 Å². The maximum Gasteiger partial charge on any atom is 0.118 e. The van der Waals surface area contributed by atoms with Gasteiger partial charge in [0.05, 0.1) is 7.11 Å². The van der Waals surface area contributed by atoms with Crippen LogP contribution in [0.4, 0.5) is 17.1 Å². The Balaban J connectivity index is 1.85. The van der Waals surface area contributed by atoms with Crippen molar-refractivity contribution in [3.8, 4) is 5.75 Å². The summed E-state index contributed by atoms with van der Waals surface area (Å²) < 4.78 is 5.29. The Bertz CT molecular complexity index is 894. The van der Waals surface area contributed by atoms with Crippen molar-refractivity contribution in [1.29, 1.82) is 0 Å². The smallest absolute Gasteiger partial charge is 0.118 e. The fourth-order valence-corrected chi connectivity index (χ4v) is 4.24. The van der Waals surface area contributed by atoms with E-state index in [2.05, 4.69) is 73.9 Å². The molecule has 0 amide bonds. The summed E-state index contributed by atoms with van der Waals surface area (Å²) in [6.07, 6.45) is 1.14. The molecular weight excluding hydrogens is 376 g/mol. The highest BCUT2D eigenvalue weighted by Gasteiger charge is 2.11. The van der Waals surface area contributed by atoms with E-state index in [1.807, 2.05) is 30.3 Å². The van der Waals surface area contributed by atoms with E-state index in [0.29, 0.717) is 12.0 Å².